The van der Waals surface area contributed by atoms with E-state index >= 15 is 0 Å². The molecule has 1 aliphatic rings. The van der Waals surface area contributed by atoms with Crippen LogP contribution in [0.3, 0.4) is 0 Å². The Morgan fingerprint density at radius 3 is 2.79 bits per heavy atom. The lowest BCUT2D eigenvalue weighted by Crippen LogP contribution is -2.25. The van der Waals surface area contributed by atoms with E-state index in [4.69, 9.17) is 8.83 Å². The normalized spacial score (nSPS) is 17.6. The second-order valence-electron chi connectivity index (χ2n) is 6.01. The number of rotatable bonds is 5. The Bertz CT molecular complexity index is 811. The minimum Gasteiger partial charge on any atom is -0.459 e. The molecule has 6 nitrogen and oxygen atoms in total. The van der Waals surface area contributed by atoms with Gasteiger partial charge in [-0.15, -0.1) is 10.2 Å². The molecule has 24 heavy (non-hydrogen) atoms. The number of carbonyl (C=O) groups is 1. The SMILES string of the molecule is O=C1CC(Cc2ccccc2)CN1Cc1nnc(-c2ccco2)o1. The summed E-state index contributed by atoms with van der Waals surface area (Å²) in [7, 11) is 0. The summed E-state index contributed by atoms with van der Waals surface area (Å²) in [6.45, 7) is 1.06. The molecule has 1 atom stereocenters. The highest BCUT2D eigenvalue weighted by Crippen LogP contribution is 2.24. The summed E-state index contributed by atoms with van der Waals surface area (Å²) in [4.78, 5) is 14.0. The quantitative estimate of drug-likeness (QED) is 0.722. The predicted molar refractivity (Wildman–Crippen MR) is 85.7 cm³/mol. The van der Waals surface area contributed by atoms with E-state index in [1.807, 2.05) is 18.2 Å². The van der Waals surface area contributed by atoms with Crippen molar-refractivity contribution < 1.29 is 13.6 Å². The lowest BCUT2D eigenvalue weighted by atomic mass is 9.99. The summed E-state index contributed by atoms with van der Waals surface area (Å²) < 4.78 is 10.8. The Kier molecular flexibility index (Phi) is 3.86. The highest BCUT2D eigenvalue weighted by atomic mass is 16.4. The van der Waals surface area contributed by atoms with Crippen molar-refractivity contribution in [3.8, 4) is 11.7 Å². The van der Waals surface area contributed by atoms with Gasteiger partial charge in [-0.25, -0.2) is 0 Å². The third kappa shape index (κ3) is 3.08. The first kappa shape index (κ1) is 14.7. The van der Waals surface area contributed by atoms with Gasteiger partial charge in [0.15, 0.2) is 5.76 Å². The molecule has 1 saturated heterocycles. The van der Waals surface area contributed by atoms with E-state index in [1.165, 1.54) is 5.56 Å². The van der Waals surface area contributed by atoms with Crippen molar-refractivity contribution in [2.24, 2.45) is 5.92 Å². The van der Waals surface area contributed by atoms with Gasteiger partial charge in [0.2, 0.25) is 11.8 Å². The maximum Gasteiger partial charge on any atom is 0.283 e. The van der Waals surface area contributed by atoms with Crippen LogP contribution in [0, 0.1) is 5.92 Å². The van der Waals surface area contributed by atoms with Crippen LogP contribution in [0.15, 0.2) is 57.6 Å². The fraction of sp³-hybridized carbons (Fsp3) is 0.278. The molecule has 1 fully saturated rings. The van der Waals surface area contributed by atoms with Crippen LogP contribution >= 0.6 is 0 Å². The van der Waals surface area contributed by atoms with Crippen LogP contribution in [0.2, 0.25) is 0 Å². The Balaban J connectivity index is 1.39. The zero-order valence-electron chi connectivity index (χ0n) is 13.1. The number of benzene rings is 1. The maximum atomic E-state index is 12.2. The molecule has 3 heterocycles. The fourth-order valence-corrected chi connectivity index (χ4v) is 3.07. The zero-order chi connectivity index (χ0) is 16.4. The second kappa shape index (κ2) is 6.31. The van der Waals surface area contributed by atoms with Crippen LogP contribution in [0.25, 0.3) is 11.7 Å². The molecule has 122 valence electrons. The molecule has 3 aromatic rings. The third-order valence-corrected chi connectivity index (χ3v) is 4.19. The molecule has 1 unspecified atom stereocenters. The molecule has 0 bridgehead atoms. The van der Waals surface area contributed by atoms with E-state index < -0.39 is 0 Å². The maximum absolute atomic E-state index is 12.2. The molecule has 0 spiro atoms. The number of furan rings is 1. The van der Waals surface area contributed by atoms with Gasteiger partial charge in [-0.3, -0.25) is 4.79 Å². The van der Waals surface area contributed by atoms with E-state index in [0.29, 0.717) is 43.0 Å². The number of aromatic nitrogens is 2. The molecule has 6 heteroatoms. The molecule has 1 aliphatic heterocycles. The standard InChI is InChI=1S/C18H17N3O3/c22-17-10-14(9-13-5-2-1-3-6-13)11-21(17)12-16-19-20-18(24-16)15-7-4-8-23-15/h1-8,14H,9-12H2. The molecule has 2 aromatic heterocycles. The van der Waals surface area contributed by atoms with Crippen LogP contribution in [-0.2, 0) is 17.8 Å². The number of hydrogen-bond acceptors (Lipinski definition) is 5. The molecular weight excluding hydrogens is 306 g/mol. The average molecular weight is 323 g/mol. The van der Waals surface area contributed by atoms with Crippen LogP contribution in [-0.4, -0.2) is 27.5 Å². The Morgan fingerprint density at radius 2 is 2.00 bits per heavy atom. The lowest BCUT2D eigenvalue weighted by molar-refractivity contribution is -0.128. The number of likely N-dealkylation sites (tertiary alicyclic amines) is 1. The van der Waals surface area contributed by atoms with Crippen LogP contribution in [0.5, 0.6) is 0 Å². The molecule has 1 amide bonds. The summed E-state index contributed by atoms with van der Waals surface area (Å²) in [5.74, 6) is 1.75. The summed E-state index contributed by atoms with van der Waals surface area (Å²) in [5, 5.41) is 7.97. The first-order valence-electron chi connectivity index (χ1n) is 7.96. The van der Waals surface area contributed by atoms with Gasteiger partial charge in [-0.05, 0) is 30.0 Å². The van der Waals surface area contributed by atoms with Gasteiger partial charge in [-0.1, -0.05) is 30.3 Å². The van der Waals surface area contributed by atoms with Gasteiger partial charge in [0.1, 0.15) is 0 Å². The van der Waals surface area contributed by atoms with Gasteiger partial charge in [-0.2, -0.15) is 0 Å². The zero-order valence-corrected chi connectivity index (χ0v) is 13.1. The van der Waals surface area contributed by atoms with Crippen molar-refractivity contribution in [2.45, 2.75) is 19.4 Å². The van der Waals surface area contributed by atoms with Gasteiger partial charge in [0.05, 0.1) is 12.8 Å². The van der Waals surface area contributed by atoms with Gasteiger partial charge in [0, 0.05) is 13.0 Å². The van der Waals surface area contributed by atoms with Crippen molar-refractivity contribution in [2.75, 3.05) is 6.54 Å². The van der Waals surface area contributed by atoms with Crippen molar-refractivity contribution in [3.05, 3.63) is 60.2 Å². The Morgan fingerprint density at radius 1 is 1.12 bits per heavy atom. The molecule has 0 saturated carbocycles. The van der Waals surface area contributed by atoms with Crippen molar-refractivity contribution in [3.63, 3.8) is 0 Å². The first-order valence-corrected chi connectivity index (χ1v) is 7.96. The number of carbonyl (C=O) groups excluding carboxylic acids is 1. The minimum absolute atomic E-state index is 0.133. The molecule has 0 aliphatic carbocycles. The Hall–Kier alpha value is -2.89. The van der Waals surface area contributed by atoms with Crippen LogP contribution < -0.4 is 0 Å². The third-order valence-electron chi connectivity index (χ3n) is 4.19. The van der Waals surface area contributed by atoms with Crippen molar-refractivity contribution >= 4 is 5.91 Å². The smallest absolute Gasteiger partial charge is 0.283 e. The van der Waals surface area contributed by atoms with E-state index in [9.17, 15) is 4.79 Å². The molecule has 0 radical (unpaired) electrons. The Labute approximate surface area is 139 Å². The van der Waals surface area contributed by atoms with Crippen LogP contribution in [0.4, 0.5) is 0 Å². The van der Waals surface area contributed by atoms with Gasteiger partial charge >= 0.3 is 0 Å². The van der Waals surface area contributed by atoms with Gasteiger partial charge < -0.3 is 13.7 Å². The predicted octanol–water partition coefficient (Wildman–Crippen LogP) is 2.92. The number of nitrogens with zero attached hydrogens (tertiary/aromatic N) is 3. The highest BCUT2D eigenvalue weighted by Gasteiger charge is 2.30. The van der Waals surface area contributed by atoms with E-state index in [2.05, 4.69) is 22.3 Å². The van der Waals surface area contributed by atoms with Crippen molar-refractivity contribution in [1.82, 2.24) is 15.1 Å². The first-order chi connectivity index (χ1) is 11.8. The number of amides is 1. The minimum atomic E-state index is 0.133. The van der Waals surface area contributed by atoms with Crippen LogP contribution in [0.1, 0.15) is 17.9 Å². The summed E-state index contributed by atoms with van der Waals surface area (Å²) in [5.41, 5.74) is 1.26. The highest BCUT2D eigenvalue weighted by molar-refractivity contribution is 5.78. The molecule has 1 aromatic carbocycles. The van der Waals surface area contributed by atoms with Crippen molar-refractivity contribution in [1.29, 1.82) is 0 Å². The second-order valence-corrected chi connectivity index (χ2v) is 6.01. The topological polar surface area (TPSA) is 72.4 Å². The van der Waals surface area contributed by atoms with Gasteiger partial charge in [0.25, 0.3) is 5.89 Å². The molecular formula is C18H17N3O3. The van der Waals surface area contributed by atoms with E-state index in [0.717, 1.165) is 6.42 Å². The fourth-order valence-electron chi connectivity index (χ4n) is 3.07. The lowest BCUT2D eigenvalue weighted by Gasteiger charge is -2.14. The average Bonchev–Trinajstić information content (AvgIpc) is 3.31. The molecule has 4 rings (SSSR count). The summed E-state index contributed by atoms with van der Waals surface area (Å²) >= 11 is 0. The monoisotopic (exact) mass is 323 g/mol. The molecule has 0 N–H and O–H groups in total. The van der Waals surface area contributed by atoms with E-state index in [1.54, 1.807) is 23.3 Å². The largest absolute Gasteiger partial charge is 0.459 e. The summed E-state index contributed by atoms with van der Waals surface area (Å²) in [6.07, 6.45) is 3.02. The summed E-state index contributed by atoms with van der Waals surface area (Å²) in [6, 6.07) is 13.8. The van der Waals surface area contributed by atoms with E-state index in [-0.39, 0.29) is 5.91 Å². The number of hydrogen-bond donors (Lipinski definition) is 0.